The average molecular weight is 436 g/mol. The van der Waals surface area contributed by atoms with Gasteiger partial charge in [0.2, 0.25) is 0 Å². The van der Waals surface area contributed by atoms with E-state index in [0.29, 0.717) is 31.2 Å². The first-order valence-corrected chi connectivity index (χ1v) is 10.5. The van der Waals surface area contributed by atoms with Gasteiger partial charge in [-0.25, -0.2) is 9.88 Å². The summed E-state index contributed by atoms with van der Waals surface area (Å²) in [5.41, 5.74) is 15.3. The topological polar surface area (TPSA) is 99.1 Å². The third-order valence-corrected chi connectivity index (χ3v) is 5.58. The lowest BCUT2D eigenvalue weighted by Gasteiger charge is -2.46. The number of nitrogens with zero attached hydrogens (tertiary/aromatic N) is 3. The Morgan fingerprint density at radius 2 is 1.72 bits per heavy atom. The Morgan fingerprint density at radius 1 is 0.938 bits per heavy atom. The number of pyridine rings is 1. The van der Waals surface area contributed by atoms with Gasteiger partial charge in [-0.1, -0.05) is 30.3 Å². The molecule has 2 heterocycles. The zero-order chi connectivity index (χ0) is 22.5. The maximum Gasteiger partial charge on any atom is 0.161 e. The summed E-state index contributed by atoms with van der Waals surface area (Å²) in [6.45, 7) is 1.56. The molecule has 4 N–H and O–H groups in total. The van der Waals surface area contributed by atoms with E-state index in [1.165, 1.54) is 0 Å². The number of para-hydroxylation sites is 1. The fraction of sp³-hybridized carbons (Fsp3) is 0.292. The van der Waals surface area contributed by atoms with Crippen LogP contribution in [-0.4, -0.2) is 43.5 Å². The number of anilines is 1. The molecule has 0 radical (unpaired) electrons. The van der Waals surface area contributed by atoms with Gasteiger partial charge in [0.25, 0.3) is 0 Å². The van der Waals surface area contributed by atoms with Crippen LogP contribution in [0.25, 0.3) is 0 Å². The minimum Gasteiger partial charge on any atom is -0.493 e. The molecule has 0 fully saturated rings. The van der Waals surface area contributed by atoms with E-state index >= 15 is 0 Å². The van der Waals surface area contributed by atoms with Gasteiger partial charge >= 0.3 is 0 Å². The molecule has 2 atom stereocenters. The lowest BCUT2D eigenvalue weighted by Crippen LogP contribution is -2.61. The minimum absolute atomic E-state index is 0.395. The molecule has 8 heteroatoms. The zero-order valence-electron chi connectivity index (χ0n) is 18.3. The van der Waals surface area contributed by atoms with Crippen molar-refractivity contribution >= 4 is 5.82 Å². The SMILES string of the molecule is COc1ccc(CN2C(N)c3cccnc3N(CCOc3ccccc3)C2N)cc1OC. The Balaban J connectivity index is 1.56. The quantitative estimate of drug-likeness (QED) is 0.557. The van der Waals surface area contributed by atoms with Crippen LogP contribution in [0.4, 0.5) is 5.82 Å². The van der Waals surface area contributed by atoms with Crippen LogP contribution in [0.15, 0.2) is 66.9 Å². The van der Waals surface area contributed by atoms with Gasteiger partial charge in [0.05, 0.1) is 26.9 Å². The lowest BCUT2D eigenvalue weighted by molar-refractivity contribution is 0.109. The van der Waals surface area contributed by atoms with Crippen LogP contribution >= 0.6 is 0 Å². The summed E-state index contributed by atoms with van der Waals surface area (Å²) >= 11 is 0. The molecular formula is C24H29N5O3. The van der Waals surface area contributed by atoms with Gasteiger partial charge in [-0.05, 0) is 35.9 Å². The molecular weight excluding hydrogens is 406 g/mol. The van der Waals surface area contributed by atoms with Crippen molar-refractivity contribution in [3.8, 4) is 17.2 Å². The number of hydrogen-bond acceptors (Lipinski definition) is 8. The van der Waals surface area contributed by atoms with E-state index in [1.54, 1.807) is 20.4 Å². The normalized spacial score (nSPS) is 18.2. The van der Waals surface area contributed by atoms with Crippen molar-refractivity contribution in [2.24, 2.45) is 11.5 Å². The summed E-state index contributed by atoms with van der Waals surface area (Å²) < 4.78 is 16.7. The number of hydrogen-bond donors (Lipinski definition) is 2. The predicted molar refractivity (Wildman–Crippen MR) is 124 cm³/mol. The van der Waals surface area contributed by atoms with E-state index in [-0.39, 0.29) is 0 Å². The van der Waals surface area contributed by atoms with Crippen molar-refractivity contribution in [1.82, 2.24) is 9.88 Å². The molecule has 2 aromatic carbocycles. The summed E-state index contributed by atoms with van der Waals surface area (Å²) in [6.07, 6.45) is 0.890. The first-order valence-electron chi connectivity index (χ1n) is 10.5. The molecule has 0 saturated heterocycles. The summed E-state index contributed by atoms with van der Waals surface area (Å²) in [4.78, 5) is 8.63. The third kappa shape index (κ3) is 4.47. The number of ether oxygens (including phenoxy) is 3. The standard InChI is InChI=1S/C24H29N5O3/c1-30-20-11-10-17(15-21(20)31-2)16-29-22(25)19-9-6-12-27-23(19)28(24(29)26)13-14-32-18-7-4-3-5-8-18/h3-12,15,22,24H,13-14,16,25-26H2,1-2H3. The summed E-state index contributed by atoms with van der Waals surface area (Å²) in [6, 6.07) is 19.4. The molecule has 32 heavy (non-hydrogen) atoms. The van der Waals surface area contributed by atoms with E-state index in [9.17, 15) is 0 Å². The highest BCUT2D eigenvalue weighted by atomic mass is 16.5. The summed E-state index contributed by atoms with van der Waals surface area (Å²) in [5, 5.41) is 0. The van der Waals surface area contributed by atoms with Gasteiger partial charge in [-0.2, -0.15) is 0 Å². The highest BCUT2D eigenvalue weighted by molar-refractivity contribution is 5.51. The van der Waals surface area contributed by atoms with Crippen LogP contribution in [-0.2, 0) is 6.54 Å². The van der Waals surface area contributed by atoms with Crippen molar-refractivity contribution in [3.63, 3.8) is 0 Å². The molecule has 1 aliphatic heterocycles. The number of methoxy groups -OCH3 is 2. The Labute approximate surface area is 188 Å². The van der Waals surface area contributed by atoms with E-state index in [0.717, 1.165) is 22.7 Å². The van der Waals surface area contributed by atoms with E-state index < -0.39 is 12.5 Å². The van der Waals surface area contributed by atoms with E-state index in [4.69, 9.17) is 25.7 Å². The van der Waals surface area contributed by atoms with Crippen LogP contribution < -0.4 is 30.6 Å². The molecule has 8 nitrogen and oxygen atoms in total. The van der Waals surface area contributed by atoms with Crippen molar-refractivity contribution in [3.05, 3.63) is 78.0 Å². The molecule has 0 amide bonds. The number of nitrogens with two attached hydrogens (primary N) is 2. The number of rotatable bonds is 8. The Morgan fingerprint density at radius 3 is 2.47 bits per heavy atom. The van der Waals surface area contributed by atoms with E-state index in [2.05, 4.69) is 4.98 Å². The zero-order valence-corrected chi connectivity index (χ0v) is 18.3. The molecule has 1 aliphatic rings. The maximum absolute atomic E-state index is 6.70. The second-order valence-electron chi connectivity index (χ2n) is 7.49. The largest absolute Gasteiger partial charge is 0.493 e. The van der Waals surface area contributed by atoms with Crippen molar-refractivity contribution in [1.29, 1.82) is 0 Å². The molecule has 168 valence electrons. The van der Waals surface area contributed by atoms with E-state index in [1.807, 2.05) is 70.5 Å². The highest BCUT2D eigenvalue weighted by Gasteiger charge is 2.36. The van der Waals surface area contributed by atoms with Gasteiger partial charge in [0, 0.05) is 18.3 Å². The fourth-order valence-electron chi connectivity index (χ4n) is 3.93. The van der Waals surface area contributed by atoms with Gasteiger partial charge in [-0.3, -0.25) is 5.73 Å². The first kappa shape index (κ1) is 21.9. The second-order valence-corrected chi connectivity index (χ2v) is 7.49. The van der Waals surface area contributed by atoms with Gasteiger partial charge in [0.1, 0.15) is 24.5 Å². The Bertz CT molecular complexity index is 1030. The van der Waals surface area contributed by atoms with Crippen LogP contribution in [0.1, 0.15) is 17.3 Å². The van der Waals surface area contributed by atoms with Gasteiger partial charge in [-0.15, -0.1) is 0 Å². The number of aromatic nitrogens is 1. The van der Waals surface area contributed by atoms with Gasteiger partial charge in [0.15, 0.2) is 11.5 Å². The molecule has 0 bridgehead atoms. The third-order valence-electron chi connectivity index (χ3n) is 5.58. The van der Waals surface area contributed by atoms with Crippen molar-refractivity contribution < 1.29 is 14.2 Å². The van der Waals surface area contributed by atoms with Crippen LogP contribution in [0.5, 0.6) is 17.2 Å². The Kier molecular flexibility index (Phi) is 6.75. The fourth-order valence-corrected chi connectivity index (χ4v) is 3.93. The number of benzene rings is 2. The Hall–Kier alpha value is -3.33. The summed E-state index contributed by atoms with van der Waals surface area (Å²) in [7, 11) is 3.24. The molecule has 3 aromatic rings. The molecule has 0 saturated carbocycles. The van der Waals surface area contributed by atoms with Crippen LogP contribution in [0.2, 0.25) is 0 Å². The van der Waals surface area contributed by atoms with Gasteiger partial charge < -0.3 is 24.8 Å². The average Bonchev–Trinajstić information content (AvgIpc) is 2.84. The predicted octanol–water partition coefficient (Wildman–Crippen LogP) is 2.70. The van der Waals surface area contributed by atoms with Crippen LogP contribution in [0.3, 0.4) is 0 Å². The second kappa shape index (κ2) is 9.86. The minimum atomic E-state index is -0.472. The number of fused-ring (bicyclic) bond motifs is 1. The lowest BCUT2D eigenvalue weighted by atomic mass is 10.1. The van der Waals surface area contributed by atoms with Crippen LogP contribution in [0, 0.1) is 0 Å². The van der Waals surface area contributed by atoms with Crippen molar-refractivity contribution in [2.45, 2.75) is 19.0 Å². The molecule has 0 aliphatic carbocycles. The first-order chi connectivity index (χ1) is 15.6. The molecule has 2 unspecified atom stereocenters. The van der Waals surface area contributed by atoms with Crippen molar-refractivity contribution in [2.75, 3.05) is 32.3 Å². The monoisotopic (exact) mass is 435 g/mol. The summed E-state index contributed by atoms with van der Waals surface area (Å²) in [5.74, 6) is 2.95. The highest BCUT2D eigenvalue weighted by Crippen LogP contribution is 2.35. The molecule has 0 spiro atoms. The maximum atomic E-state index is 6.70. The molecule has 1 aromatic heterocycles. The molecule has 4 rings (SSSR count). The smallest absolute Gasteiger partial charge is 0.161 e.